The van der Waals surface area contributed by atoms with E-state index in [2.05, 4.69) is 4.98 Å². The summed E-state index contributed by atoms with van der Waals surface area (Å²) in [6, 6.07) is 5.84. The van der Waals surface area contributed by atoms with Gasteiger partial charge in [0.2, 0.25) is 0 Å². The number of aromatic nitrogens is 1. The van der Waals surface area contributed by atoms with Crippen LogP contribution in [0.3, 0.4) is 0 Å². The van der Waals surface area contributed by atoms with Crippen LogP contribution in [0.2, 0.25) is 0 Å². The molecule has 0 bridgehead atoms. The molecule has 0 radical (unpaired) electrons. The minimum Gasteiger partial charge on any atom is -0.479 e. The first-order valence-electron chi connectivity index (χ1n) is 6.25. The molecule has 2 aromatic rings. The second-order valence-electron chi connectivity index (χ2n) is 4.79. The van der Waals surface area contributed by atoms with E-state index in [0.717, 1.165) is 31.5 Å². The normalized spacial score (nSPS) is 17.9. The highest BCUT2D eigenvalue weighted by atomic mass is 32.1. The van der Waals surface area contributed by atoms with E-state index in [1.165, 1.54) is 0 Å². The molecular formula is C14H14N2O2S2. The van der Waals surface area contributed by atoms with Gasteiger partial charge in [0.25, 0.3) is 5.91 Å². The molecule has 2 heterocycles. The molecule has 6 heteroatoms. The number of hydrogen-bond acceptors (Lipinski definition) is 4. The first kappa shape index (κ1) is 13.3. The van der Waals surface area contributed by atoms with Gasteiger partial charge in [-0.3, -0.25) is 4.79 Å². The number of H-pyrrole nitrogens is 1. The molecule has 0 saturated carbocycles. The number of carbonyl (C=O) groups is 1. The van der Waals surface area contributed by atoms with Crippen LogP contribution in [0.5, 0.6) is 5.75 Å². The van der Waals surface area contributed by atoms with Crippen molar-refractivity contribution >= 4 is 35.1 Å². The number of rotatable bonds is 1. The number of nitrogens with zero attached hydrogens (tertiary/aromatic N) is 1. The Kier molecular flexibility index (Phi) is 3.14. The first-order valence-corrected chi connectivity index (χ1v) is 7.48. The monoisotopic (exact) mass is 306 g/mol. The molecule has 20 heavy (non-hydrogen) atoms. The Labute approximate surface area is 126 Å². The number of fused-ring (bicyclic) bond motifs is 1. The Bertz CT molecular complexity index is 748. The smallest absolute Gasteiger partial charge is 0.267 e. The molecular weight excluding hydrogens is 292 g/mol. The molecule has 1 aromatic heterocycles. The summed E-state index contributed by atoms with van der Waals surface area (Å²) < 4.78 is 6.38. The van der Waals surface area contributed by atoms with Crippen LogP contribution in [0, 0.1) is 10.9 Å². The van der Waals surface area contributed by atoms with Gasteiger partial charge in [-0.1, -0.05) is 0 Å². The summed E-state index contributed by atoms with van der Waals surface area (Å²) in [7, 11) is 1.77. The fourth-order valence-corrected chi connectivity index (χ4v) is 3.53. The van der Waals surface area contributed by atoms with Gasteiger partial charge < -0.3 is 14.6 Å². The molecule has 3 rings (SSSR count). The van der Waals surface area contributed by atoms with Crippen molar-refractivity contribution < 1.29 is 9.53 Å². The molecule has 0 aliphatic carbocycles. The van der Waals surface area contributed by atoms with E-state index in [4.69, 9.17) is 17.0 Å². The number of benzene rings is 1. The highest BCUT2D eigenvalue weighted by Crippen LogP contribution is 2.37. The minimum atomic E-state index is -0.438. The van der Waals surface area contributed by atoms with Gasteiger partial charge in [0.15, 0.2) is 10.1 Å². The lowest BCUT2D eigenvalue weighted by atomic mass is 10.1. The number of aryl methyl sites for hydroxylation is 1. The van der Waals surface area contributed by atoms with Gasteiger partial charge in [-0.2, -0.15) is 0 Å². The maximum atomic E-state index is 12.0. The zero-order valence-corrected chi connectivity index (χ0v) is 13.0. The molecule has 0 saturated heterocycles. The fourth-order valence-electron chi connectivity index (χ4n) is 2.35. The van der Waals surface area contributed by atoms with Gasteiger partial charge in [-0.15, -0.1) is 11.3 Å². The maximum Gasteiger partial charge on any atom is 0.267 e. The molecule has 1 aromatic carbocycles. The number of ether oxygens (including phenoxy) is 1. The molecule has 1 amide bonds. The third kappa shape index (κ3) is 2.05. The van der Waals surface area contributed by atoms with Crippen molar-refractivity contribution in [1.82, 2.24) is 4.98 Å². The van der Waals surface area contributed by atoms with E-state index >= 15 is 0 Å². The van der Waals surface area contributed by atoms with Crippen LogP contribution in [0.4, 0.5) is 5.69 Å². The topological polar surface area (TPSA) is 45.3 Å². The van der Waals surface area contributed by atoms with E-state index in [9.17, 15) is 4.79 Å². The summed E-state index contributed by atoms with van der Waals surface area (Å²) in [5.41, 5.74) is 2.80. The van der Waals surface area contributed by atoms with Crippen molar-refractivity contribution in [1.29, 1.82) is 0 Å². The number of nitrogens with one attached hydrogen (secondary N) is 1. The first-order chi connectivity index (χ1) is 9.47. The molecule has 0 spiro atoms. The summed E-state index contributed by atoms with van der Waals surface area (Å²) in [5.74, 6) is 0.694. The lowest BCUT2D eigenvalue weighted by molar-refractivity contribution is -0.125. The Morgan fingerprint density at radius 3 is 2.85 bits per heavy atom. The average molecular weight is 306 g/mol. The van der Waals surface area contributed by atoms with Gasteiger partial charge in [-0.25, -0.2) is 0 Å². The SMILES string of the molecule is Cc1sc(=S)[nH]c1-c1ccc2c(c1)N(C)C(=O)C(C)O2. The highest BCUT2D eigenvalue weighted by Gasteiger charge is 2.29. The van der Waals surface area contributed by atoms with Crippen molar-refractivity contribution in [3.05, 3.63) is 27.0 Å². The van der Waals surface area contributed by atoms with Crippen molar-refractivity contribution in [2.45, 2.75) is 20.0 Å². The number of likely N-dealkylation sites (N-methyl/N-ethyl adjacent to an activating group) is 1. The van der Waals surface area contributed by atoms with Gasteiger partial charge in [-0.05, 0) is 44.3 Å². The third-order valence-corrected chi connectivity index (χ3v) is 4.57. The lowest BCUT2D eigenvalue weighted by Crippen LogP contribution is -2.41. The highest BCUT2D eigenvalue weighted by molar-refractivity contribution is 7.73. The second-order valence-corrected chi connectivity index (χ2v) is 6.68. The fraction of sp³-hybridized carbons (Fsp3) is 0.286. The summed E-state index contributed by atoms with van der Waals surface area (Å²) in [6.45, 7) is 3.79. The van der Waals surface area contributed by atoms with E-state index in [1.54, 1.807) is 30.2 Å². The average Bonchev–Trinajstić information content (AvgIpc) is 2.75. The molecule has 104 valence electrons. The summed E-state index contributed by atoms with van der Waals surface area (Å²) >= 11 is 6.72. The summed E-state index contributed by atoms with van der Waals surface area (Å²) in [4.78, 5) is 18.0. The van der Waals surface area contributed by atoms with Gasteiger partial charge in [0, 0.05) is 17.5 Å². The van der Waals surface area contributed by atoms with Crippen LogP contribution in [-0.2, 0) is 4.79 Å². The van der Waals surface area contributed by atoms with E-state index in [-0.39, 0.29) is 5.91 Å². The largest absolute Gasteiger partial charge is 0.479 e. The van der Waals surface area contributed by atoms with Crippen molar-refractivity contribution in [3.63, 3.8) is 0 Å². The Morgan fingerprint density at radius 1 is 1.45 bits per heavy atom. The number of thiazole rings is 1. The van der Waals surface area contributed by atoms with Gasteiger partial charge >= 0.3 is 0 Å². The zero-order valence-electron chi connectivity index (χ0n) is 11.4. The lowest BCUT2D eigenvalue weighted by Gasteiger charge is -2.30. The van der Waals surface area contributed by atoms with Crippen LogP contribution in [0.15, 0.2) is 18.2 Å². The second kappa shape index (κ2) is 4.71. The van der Waals surface area contributed by atoms with Gasteiger partial charge in [0.05, 0.1) is 11.4 Å². The minimum absolute atomic E-state index is 0.0374. The van der Waals surface area contributed by atoms with E-state index in [1.807, 2.05) is 25.1 Å². The van der Waals surface area contributed by atoms with Crippen LogP contribution in [0.25, 0.3) is 11.3 Å². The Hall–Kier alpha value is -1.66. The van der Waals surface area contributed by atoms with Crippen LogP contribution >= 0.6 is 23.6 Å². The van der Waals surface area contributed by atoms with Crippen LogP contribution in [-0.4, -0.2) is 24.0 Å². The zero-order chi connectivity index (χ0) is 14.4. The molecule has 0 fully saturated rings. The van der Waals surface area contributed by atoms with Crippen molar-refractivity contribution in [2.75, 3.05) is 11.9 Å². The van der Waals surface area contributed by atoms with Crippen molar-refractivity contribution in [3.8, 4) is 17.0 Å². The predicted molar refractivity (Wildman–Crippen MR) is 83.2 cm³/mol. The molecule has 1 unspecified atom stereocenters. The Morgan fingerprint density at radius 2 is 2.20 bits per heavy atom. The third-order valence-electron chi connectivity index (χ3n) is 3.42. The molecule has 1 aliphatic rings. The number of carbonyl (C=O) groups excluding carboxylic acids is 1. The quantitative estimate of drug-likeness (QED) is 0.820. The molecule has 1 atom stereocenters. The molecule has 4 nitrogen and oxygen atoms in total. The van der Waals surface area contributed by atoms with Crippen LogP contribution in [0.1, 0.15) is 11.8 Å². The van der Waals surface area contributed by atoms with Crippen molar-refractivity contribution in [2.24, 2.45) is 0 Å². The van der Waals surface area contributed by atoms with Gasteiger partial charge in [0.1, 0.15) is 5.75 Å². The molecule has 1 N–H and O–H groups in total. The number of hydrogen-bond donors (Lipinski definition) is 1. The number of amides is 1. The van der Waals surface area contributed by atoms with Crippen LogP contribution < -0.4 is 9.64 Å². The number of aromatic amines is 1. The van der Waals surface area contributed by atoms with E-state index in [0.29, 0.717) is 0 Å². The summed E-state index contributed by atoms with van der Waals surface area (Å²) in [5, 5.41) is 0. The standard InChI is InChI=1S/C14H14N2O2S2/c1-7-13(17)16(3)10-6-9(4-5-11(10)18-7)12-8(2)20-14(19)15-12/h4-7H,1-3H3,(H,15,19). The Balaban J connectivity index is 2.12. The number of anilines is 1. The summed E-state index contributed by atoms with van der Waals surface area (Å²) in [6.07, 6.45) is -0.438. The molecule has 1 aliphatic heterocycles. The maximum absolute atomic E-state index is 12.0. The predicted octanol–water partition coefficient (Wildman–Crippen LogP) is 3.52. The van der Waals surface area contributed by atoms with E-state index < -0.39 is 6.10 Å².